The number of alkyl halides is 1. The lowest BCUT2D eigenvalue weighted by molar-refractivity contribution is 0.173. The average Bonchev–Trinajstić information content (AvgIpc) is 2.30. The summed E-state index contributed by atoms with van der Waals surface area (Å²) in [5, 5.41) is 0.569. The third-order valence-electron chi connectivity index (χ3n) is 3.15. The van der Waals surface area contributed by atoms with Gasteiger partial charge in [-0.05, 0) is 19.3 Å². The number of methoxy groups -OCH3 is 1. The van der Waals surface area contributed by atoms with E-state index < -0.39 is 10.0 Å². The predicted molar refractivity (Wildman–Crippen MR) is 73.0 cm³/mol. The van der Waals surface area contributed by atoms with Crippen molar-refractivity contribution in [2.75, 3.05) is 19.0 Å². The highest BCUT2D eigenvalue weighted by Crippen LogP contribution is 2.23. The van der Waals surface area contributed by atoms with E-state index in [0.29, 0.717) is 6.61 Å². The van der Waals surface area contributed by atoms with Crippen LogP contribution in [0, 0.1) is 0 Å². The van der Waals surface area contributed by atoms with Gasteiger partial charge in [0, 0.05) is 18.5 Å². The van der Waals surface area contributed by atoms with Crippen LogP contribution < -0.4 is 4.72 Å². The molecule has 0 aromatic rings. The monoisotopic (exact) mass is 327 g/mol. The first kappa shape index (κ1) is 15.4. The summed E-state index contributed by atoms with van der Waals surface area (Å²) in [6.45, 7) is 0.428. The maximum absolute atomic E-state index is 12.2. The van der Waals surface area contributed by atoms with E-state index in [0.717, 1.165) is 43.9 Å². The fourth-order valence-corrected chi connectivity index (χ4v) is 4.56. The van der Waals surface area contributed by atoms with Gasteiger partial charge in [0.25, 0.3) is 0 Å². The Morgan fingerprint density at radius 2 is 2.00 bits per heavy atom. The normalized spacial score (nSPS) is 20.4. The van der Waals surface area contributed by atoms with Gasteiger partial charge in [0.1, 0.15) is 0 Å². The zero-order chi connectivity index (χ0) is 12.7. The van der Waals surface area contributed by atoms with E-state index in [1.807, 2.05) is 0 Å². The van der Waals surface area contributed by atoms with Crippen molar-refractivity contribution in [3.05, 3.63) is 0 Å². The molecule has 0 aliphatic heterocycles. The number of halogens is 1. The molecule has 0 amide bonds. The van der Waals surface area contributed by atoms with Crippen molar-refractivity contribution in [1.82, 2.24) is 4.72 Å². The quantitative estimate of drug-likeness (QED) is 0.728. The van der Waals surface area contributed by atoms with Gasteiger partial charge in [0.2, 0.25) is 10.0 Å². The molecule has 102 valence electrons. The minimum absolute atomic E-state index is 0.119. The largest absolute Gasteiger partial charge is 0.383 e. The van der Waals surface area contributed by atoms with Crippen LogP contribution in [-0.4, -0.2) is 38.8 Å². The Morgan fingerprint density at radius 3 is 2.53 bits per heavy atom. The van der Waals surface area contributed by atoms with Crippen LogP contribution in [0.1, 0.15) is 38.5 Å². The van der Waals surface area contributed by atoms with Crippen molar-refractivity contribution >= 4 is 26.0 Å². The van der Waals surface area contributed by atoms with E-state index in [9.17, 15) is 8.42 Å². The van der Waals surface area contributed by atoms with Gasteiger partial charge in [-0.3, -0.25) is 0 Å². The maximum atomic E-state index is 12.2. The maximum Gasteiger partial charge on any atom is 0.214 e. The summed E-state index contributed by atoms with van der Waals surface area (Å²) >= 11 is 3.33. The minimum atomic E-state index is -3.18. The van der Waals surface area contributed by atoms with E-state index in [2.05, 4.69) is 20.7 Å². The molecule has 1 aliphatic rings. The standard InChI is InChI=1S/C11H22BrNO3S/c1-16-9-10(7-8-12)13-17(14,15)11-5-3-2-4-6-11/h10-11,13H,2-9H2,1H3. The van der Waals surface area contributed by atoms with Crippen LogP contribution in [0.3, 0.4) is 0 Å². The summed E-state index contributed by atoms with van der Waals surface area (Å²) in [7, 11) is -1.58. The first-order valence-electron chi connectivity index (χ1n) is 6.16. The van der Waals surface area contributed by atoms with E-state index in [1.54, 1.807) is 7.11 Å². The minimum Gasteiger partial charge on any atom is -0.383 e. The van der Waals surface area contributed by atoms with E-state index in [1.165, 1.54) is 0 Å². The van der Waals surface area contributed by atoms with Crippen molar-refractivity contribution in [2.24, 2.45) is 0 Å². The number of hydrogen-bond donors (Lipinski definition) is 1. The molecule has 0 bridgehead atoms. The molecule has 0 saturated heterocycles. The molecular weight excluding hydrogens is 306 g/mol. The zero-order valence-electron chi connectivity index (χ0n) is 10.3. The summed E-state index contributed by atoms with van der Waals surface area (Å²) in [5.41, 5.74) is 0. The molecule has 1 aliphatic carbocycles. The molecule has 0 aromatic carbocycles. The second kappa shape index (κ2) is 7.71. The molecular formula is C11H22BrNO3S. The SMILES string of the molecule is COCC(CCBr)NS(=O)(=O)C1CCCCC1. The van der Waals surface area contributed by atoms with Gasteiger partial charge in [0.05, 0.1) is 11.9 Å². The summed E-state index contributed by atoms with van der Waals surface area (Å²) in [6, 6.07) is -0.119. The van der Waals surface area contributed by atoms with E-state index in [-0.39, 0.29) is 11.3 Å². The van der Waals surface area contributed by atoms with Crippen LogP contribution in [0.5, 0.6) is 0 Å². The Balaban J connectivity index is 2.55. The molecule has 1 rings (SSSR count). The Bertz CT molecular complexity index is 296. The van der Waals surface area contributed by atoms with E-state index in [4.69, 9.17) is 4.74 Å². The van der Waals surface area contributed by atoms with Crippen LogP contribution in [0.4, 0.5) is 0 Å². The predicted octanol–water partition coefficient (Wildman–Crippen LogP) is 2.04. The lowest BCUT2D eigenvalue weighted by Gasteiger charge is -2.25. The Kier molecular flexibility index (Phi) is 6.99. The van der Waals surface area contributed by atoms with Crippen molar-refractivity contribution in [2.45, 2.75) is 49.8 Å². The second-order valence-corrected chi connectivity index (χ2v) is 7.34. The van der Waals surface area contributed by atoms with Gasteiger partial charge in [-0.1, -0.05) is 35.2 Å². The molecule has 1 unspecified atom stereocenters. The summed E-state index contributed by atoms with van der Waals surface area (Å²) in [6.07, 6.45) is 5.55. The van der Waals surface area contributed by atoms with Crippen LogP contribution in [0.25, 0.3) is 0 Å². The molecule has 1 saturated carbocycles. The molecule has 1 N–H and O–H groups in total. The molecule has 1 fully saturated rings. The highest BCUT2D eigenvalue weighted by molar-refractivity contribution is 9.09. The topological polar surface area (TPSA) is 55.4 Å². The molecule has 0 spiro atoms. The number of nitrogens with one attached hydrogen (secondary N) is 1. The van der Waals surface area contributed by atoms with Crippen molar-refractivity contribution in [3.8, 4) is 0 Å². The fourth-order valence-electron chi connectivity index (χ4n) is 2.21. The van der Waals surface area contributed by atoms with Gasteiger partial charge in [-0.15, -0.1) is 0 Å². The zero-order valence-corrected chi connectivity index (χ0v) is 12.7. The fraction of sp³-hybridized carbons (Fsp3) is 1.00. The van der Waals surface area contributed by atoms with Gasteiger partial charge >= 0.3 is 0 Å². The van der Waals surface area contributed by atoms with Crippen molar-refractivity contribution in [3.63, 3.8) is 0 Å². The summed E-state index contributed by atoms with van der Waals surface area (Å²) in [5.74, 6) is 0. The lowest BCUT2D eigenvalue weighted by atomic mass is 10.0. The van der Waals surface area contributed by atoms with Gasteiger partial charge in [-0.25, -0.2) is 13.1 Å². The Morgan fingerprint density at radius 1 is 1.35 bits per heavy atom. The second-order valence-electron chi connectivity index (χ2n) is 4.55. The van der Waals surface area contributed by atoms with Crippen LogP contribution in [-0.2, 0) is 14.8 Å². The van der Waals surface area contributed by atoms with E-state index >= 15 is 0 Å². The third kappa shape index (κ3) is 5.24. The highest BCUT2D eigenvalue weighted by atomic mass is 79.9. The molecule has 4 nitrogen and oxygen atoms in total. The summed E-state index contributed by atoms with van der Waals surface area (Å²) < 4.78 is 32.2. The molecule has 17 heavy (non-hydrogen) atoms. The number of sulfonamides is 1. The summed E-state index contributed by atoms with van der Waals surface area (Å²) in [4.78, 5) is 0. The number of rotatable bonds is 7. The average molecular weight is 328 g/mol. The highest BCUT2D eigenvalue weighted by Gasteiger charge is 2.29. The van der Waals surface area contributed by atoms with Crippen molar-refractivity contribution < 1.29 is 13.2 Å². The van der Waals surface area contributed by atoms with Gasteiger partial charge in [0.15, 0.2) is 0 Å². The first-order valence-corrected chi connectivity index (χ1v) is 8.83. The smallest absolute Gasteiger partial charge is 0.214 e. The van der Waals surface area contributed by atoms with Crippen LogP contribution >= 0.6 is 15.9 Å². The molecule has 6 heteroatoms. The number of hydrogen-bond acceptors (Lipinski definition) is 3. The van der Waals surface area contributed by atoms with Gasteiger partial charge < -0.3 is 4.74 Å². The molecule has 0 aromatic heterocycles. The van der Waals surface area contributed by atoms with Crippen molar-refractivity contribution in [1.29, 1.82) is 0 Å². The third-order valence-corrected chi connectivity index (χ3v) is 5.62. The molecule has 0 heterocycles. The number of ether oxygens (including phenoxy) is 1. The van der Waals surface area contributed by atoms with Crippen LogP contribution in [0.15, 0.2) is 0 Å². The first-order chi connectivity index (χ1) is 8.10. The Hall–Kier alpha value is 0.350. The molecule has 1 atom stereocenters. The Labute approximate surface area is 113 Å². The molecule has 0 radical (unpaired) electrons. The lowest BCUT2D eigenvalue weighted by Crippen LogP contribution is -2.43. The van der Waals surface area contributed by atoms with Gasteiger partial charge in [-0.2, -0.15) is 0 Å². The van der Waals surface area contributed by atoms with Crippen LogP contribution in [0.2, 0.25) is 0 Å².